The summed E-state index contributed by atoms with van der Waals surface area (Å²) in [7, 11) is 1.29. The molecule has 3 aromatic rings. The first-order chi connectivity index (χ1) is 13.3. The van der Waals surface area contributed by atoms with E-state index in [1.54, 1.807) is 18.2 Å². The second-order valence-corrected chi connectivity index (χ2v) is 7.69. The van der Waals surface area contributed by atoms with Crippen LogP contribution in [-0.2, 0) is 4.74 Å². The molecule has 0 amide bonds. The molecule has 0 radical (unpaired) electrons. The van der Waals surface area contributed by atoms with Crippen molar-refractivity contribution in [1.29, 1.82) is 0 Å². The number of thiocarbonyl (C=S) groups is 1. The number of benzene rings is 2. The highest BCUT2D eigenvalue weighted by Crippen LogP contribution is 2.37. The molecule has 7 nitrogen and oxygen atoms in total. The van der Waals surface area contributed by atoms with Gasteiger partial charge in [-0.1, -0.05) is 23.2 Å². The zero-order chi connectivity index (χ0) is 20.4. The van der Waals surface area contributed by atoms with Crippen LogP contribution in [0.25, 0.3) is 10.1 Å². The number of anilines is 2. The normalized spacial score (nSPS) is 10.5. The van der Waals surface area contributed by atoms with Crippen LogP contribution in [0.3, 0.4) is 0 Å². The van der Waals surface area contributed by atoms with Crippen molar-refractivity contribution in [3.8, 4) is 0 Å². The molecule has 2 aromatic carbocycles. The molecule has 11 heteroatoms. The van der Waals surface area contributed by atoms with Crippen molar-refractivity contribution in [2.75, 3.05) is 17.7 Å². The minimum absolute atomic E-state index is 0.111. The third kappa shape index (κ3) is 4.17. The van der Waals surface area contributed by atoms with E-state index in [1.165, 1.54) is 36.6 Å². The third-order valence-corrected chi connectivity index (χ3v) is 5.84. The number of ether oxygens (including phenoxy) is 1. The van der Waals surface area contributed by atoms with Gasteiger partial charge in [0.2, 0.25) is 0 Å². The molecule has 3 rings (SSSR count). The SMILES string of the molecule is COC(=O)c1sc2cc(NC(=S)Nc3cc([N+](=O)[O-])ccc3Cl)ccc2c1Cl. The Kier molecular flexibility index (Phi) is 5.99. The number of nitro groups is 1. The summed E-state index contributed by atoms with van der Waals surface area (Å²) in [5, 5.41) is 18.2. The lowest BCUT2D eigenvalue weighted by Gasteiger charge is -2.11. The minimum atomic E-state index is -0.522. The maximum atomic E-state index is 11.8. The first-order valence-corrected chi connectivity index (χ1v) is 9.60. The molecule has 0 aliphatic heterocycles. The standard InChI is InChI=1S/C17H11Cl2N3O4S2/c1-26-16(23)15-14(19)10-4-2-8(6-13(10)28-15)20-17(27)21-12-7-9(22(24)25)3-5-11(12)18/h2-7H,1H3,(H2,20,21,27). The number of thiophene rings is 1. The van der Waals surface area contributed by atoms with Gasteiger partial charge in [-0.3, -0.25) is 10.1 Å². The maximum Gasteiger partial charge on any atom is 0.349 e. The molecule has 2 N–H and O–H groups in total. The summed E-state index contributed by atoms with van der Waals surface area (Å²) in [5.41, 5.74) is 0.835. The molecule has 1 aromatic heterocycles. The number of fused-ring (bicyclic) bond motifs is 1. The Morgan fingerprint density at radius 2 is 1.96 bits per heavy atom. The molecule has 1 heterocycles. The van der Waals surface area contributed by atoms with E-state index in [4.69, 9.17) is 40.2 Å². The summed E-state index contributed by atoms with van der Waals surface area (Å²) in [6.07, 6.45) is 0. The number of methoxy groups -OCH3 is 1. The number of carbonyl (C=O) groups excluding carboxylic acids is 1. The lowest BCUT2D eigenvalue weighted by Crippen LogP contribution is -2.19. The quantitative estimate of drug-likeness (QED) is 0.225. The Morgan fingerprint density at radius 1 is 1.21 bits per heavy atom. The van der Waals surface area contributed by atoms with E-state index in [0.29, 0.717) is 21.3 Å². The molecule has 0 saturated carbocycles. The third-order valence-electron chi connectivity index (χ3n) is 3.67. The van der Waals surface area contributed by atoms with Gasteiger partial charge in [-0.15, -0.1) is 11.3 Å². The number of hydrogen-bond donors (Lipinski definition) is 2. The Labute approximate surface area is 178 Å². The highest BCUT2D eigenvalue weighted by Gasteiger charge is 2.18. The lowest BCUT2D eigenvalue weighted by molar-refractivity contribution is -0.384. The summed E-state index contributed by atoms with van der Waals surface area (Å²) >= 11 is 18.8. The molecule has 0 aliphatic rings. The Bertz CT molecular complexity index is 1120. The van der Waals surface area contributed by atoms with Crippen LogP contribution in [-0.4, -0.2) is 23.1 Å². The first-order valence-electron chi connectivity index (χ1n) is 7.62. The number of esters is 1. The topological polar surface area (TPSA) is 93.5 Å². The molecule has 0 aliphatic carbocycles. The van der Waals surface area contributed by atoms with Crippen molar-refractivity contribution in [3.05, 3.63) is 61.4 Å². The van der Waals surface area contributed by atoms with E-state index in [0.717, 1.165) is 10.1 Å². The second kappa shape index (κ2) is 8.27. The van der Waals surface area contributed by atoms with Crippen LogP contribution in [0.4, 0.5) is 17.1 Å². The highest BCUT2D eigenvalue weighted by atomic mass is 35.5. The Hall–Kier alpha value is -2.46. The van der Waals surface area contributed by atoms with Gasteiger partial charge in [-0.2, -0.15) is 0 Å². The molecule has 0 saturated heterocycles. The van der Waals surface area contributed by atoms with E-state index < -0.39 is 10.9 Å². The zero-order valence-corrected chi connectivity index (χ0v) is 17.3. The monoisotopic (exact) mass is 455 g/mol. The number of nitrogens with one attached hydrogen (secondary N) is 2. The van der Waals surface area contributed by atoms with Gasteiger partial charge in [0.1, 0.15) is 4.88 Å². The first kappa shape index (κ1) is 20.3. The van der Waals surface area contributed by atoms with Crippen molar-refractivity contribution >= 4 is 85.0 Å². The summed E-state index contributed by atoms with van der Waals surface area (Å²) in [6, 6.07) is 9.29. The average molecular weight is 456 g/mol. The number of rotatable bonds is 4. The van der Waals surface area contributed by atoms with Gasteiger partial charge in [0.05, 0.1) is 27.8 Å². The second-order valence-electron chi connectivity index (χ2n) is 5.45. The molecule has 0 bridgehead atoms. The van der Waals surface area contributed by atoms with Gasteiger partial charge in [0.15, 0.2) is 5.11 Å². The minimum Gasteiger partial charge on any atom is -0.465 e. The average Bonchev–Trinajstić information content (AvgIpc) is 2.98. The van der Waals surface area contributed by atoms with Crippen LogP contribution in [0.5, 0.6) is 0 Å². The summed E-state index contributed by atoms with van der Waals surface area (Å²) in [5.74, 6) is -0.502. The van der Waals surface area contributed by atoms with Crippen LogP contribution in [0.2, 0.25) is 10.0 Å². The van der Waals surface area contributed by atoms with Crippen LogP contribution >= 0.6 is 46.8 Å². The number of nitro benzene ring substituents is 1. The predicted octanol–water partition coefficient (Wildman–Crippen LogP) is 5.71. The van der Waals surface area contributed by atoms with E-state index in [1.807, 2.05) is 0 Å². The fourth-order valence-electron chi connectivity index (χ4n) is 2.37. The molecule has 0 fully saturated rings. The molecular formula is C17H11Cl2N3O4S2. The maximum absolute atomic E-state index is 11.8. The highest BCUT2D eigenvalue weighted by molar-refractivity contribution is 7.80. The van der Waals surface area contributed by atoms with Crippen LogP contribution in [0.1, 0.15) is 9.67 Å². The predicted molar refractivity (Wildman–Crippen MR) is 116 cm³/mol. The van der Waals surface area contributed by atoms with E-state index in [2.05, 4.69) is 10.6 Å². The molecule has 0 spiro atoms. The fourth-order valence-corrected chi connectivity index (χ4v) is 4.23. The summed E-state index contributed by atoms with van der Waals surface area (Å²) in [6.45, 7) is 0. The largest absolute Gasteiger partial charge is 0.465 e. The van der Waals surface area contributed by atoms with Gasteiger partial charge < -0.3 is 15.4 Å². The number of halogens is 2. The molecule has 0 unspecified atom stereocenters. The van der Waals surface area contributed by atoms with Gasteiger partial charge in [0.25, 0.3) is 5.69 Å². The number of nitrogens with zero attached hydrogens (tertiary/aromatic N) is 1. The van der Waals surface area contributed by atoms with Gasteiger partial charge in [-0.25, -0.2) is 4.79 Å². The van der Waals surface area contributed by atoms with Crippen LogP contribution < -0.4 is 10.6 Å². The van der Waals surface area contributed by atoms with Gasteiger partial charge in [-0.05, 0) is 36.5 Å². The molecular weight excluding hydrogens is 445 g/mol. The summed E-state index contributed by atoms with van der Waals surface area (Å²) < 4.78 is 5.50. The van der Waals surface area contributed by atoms with E-state index >= 15 is 0 Å². The smallest absolute Gasteiger partial charge is 0.349 e. The van der Waals surface area contributed by atoms with Crippen LogP contribution in [0, 0.1) is 10.1 Å². The van der Waals surface area contributed by atoms with Crippen molar-refractivity contribution < 1.29 is 14.5 Å². The Balaban J connectivity index is 1.81. The van der Waals surface area contributed by atoms with Crippen molar-refractivity contribution in [1.82, 2.24) is 0 Å². The number of non-ortho nitro benzene ring substituents is 1. The molecule has 0 atom stereocenters. The Morgan fingerprint density at radius 3 is 2.64 bits per heavy atom. The van der Waals surface area contributed by atoms with Crippen molar-refractivity contribution in [2.24, 2.45) is 0 Å². The van der Waals surface area contributed by atoms with Gasteiger partial charge >= 0.3 is 5.97 Å². The fraction of sp³-hybridized carbons (Fsp3) is 0.0588. The zero-order valence-electron chi connectivity index (χ0n) is 14.1. The number of carbonyl (C=O) groups is 1. The molecule has 28 heavy (non-hydrogen) atoms. The number of hydrogen-bond acceptors (Lipinski definition) is 6. The van der Waals surface area contributed by atoms with Gasteiger partial charge in [0, 0.05) is 27.9 Å². The van der Waals surface area contributed by atoms with Crippen LogP contribution in [0.15, 0.2) is 36.4 Å². The molecule has 144 valence electrons. The lowest BCUT2D eigenvalue weighted by atomic mass is 10.2. The van der Waals surface area contributed by atoms with E-state index in [9.17, 15) is 14.9 Å². The summed E-state index contributed by atoms with van der Waals surface area (Å²) in [4.78, 5) is 22.5. The van der Waals surface area contributed by atoms with Crippen molar-refractivity contribution in [3.63, 3.8) is 0 Å². The van der Waals surface area contributed by atoms with E-state index in [-0.39, 0.29) is 15.8 Å². The van der Waals surface area contributed by atoms with Crippen molar-refractivity contribution in [2.45, 2.75) is 0 Å².